The van der Waals surface area contributed by atoms with Crippen LogP contribution in [-0.2, 0) is 13.1 Å². The number of hydrogen-bond donors (Lipinski definition) is 2. The Labute approximate surface area is 179 Å². The van der Waals surface area contributed by atoms with E-state index in [9.17, 15) is 9.18 Å². The summed E-state index contributed by atoms with van der Waals surface area (Å²) >= 11 is 6.07. The number of amides is 1. The van der Waals surface area contributed by atoms with Crippen LogP contribution >= 0.6 is 24.0 Å². The van der Waals surface area contributed by atoms with Crippen LogP contribution < -0.4 is 5.32 Å². The highest BCUT2D eigenvalue weighted by Crippen LogP contribution is 2.36. The predicted octanol–water partition coefficient (Wildman–Crippen LogP) is 5.28. The Kier molecular flexibility index (Phi) is 5.56. The number of benzene rings is 2. The van der Waals surface area contributed by atoms with Crippen LogP contribution in [0.4, 0.5) is 4.39 Å². The lowest BCUT2D eigenvalue weighted by Gasteiger charge is -2.26. The van der Waals surface area contributed by atoms with Crippen LogP contribution in [-0.4, -0.2) is 28.9 Å². The fraction of sp³-hybridized carbons (Fsp3) is 0.318. The maximum absolute atomic E-state index is 14.3. The average Bonchev–Trinajstić information content (AvgIpc) is 3.29. The van der Waals surface area contributed by atoms with Crippen molar-refractivity contribution in [3.63, 3.8) is 0 Å². The SMILES string of the molecule is Cl.O=C1NCc2c(Cl)c(F)cc(-c3cc4cc(CN5CCCCC5)ccc4[nH]3)c21. The summed E-state index contributed by atoms with van der Waals surface area (Å²) in [7, 11) is 0. The van der Waals surface area contributed by atoms with E-state index in [-0.39, 0.29) is 29.9 Å². The molecule has 0 aliphatic carbocycles. The van der Waals surface area contributed by atoms with Gasteiger partial charge in [-0.05, 0) is 55.8 Å². The molecule has 3 aromatic rings. The smallest absolute Gasteiger partial charge is 0.252 e. The monoisotopic (exact) mass is 433 g/mol. The Bertz CT molecular complexity index is 1090. The van der Waals surface area contributed by atoms with Crippen molar-refractivity contribution in [2.75, 3.05) is 13.1 Å². The van der Waals surface area contributed by atoms with Gasteiger partial charge in [0.05, 0.1) is 10.6 Å². The molecule has 152 valence electrons. The van der Waals surface area contributed by atoms with E-state index in [2.05, 4.69) is 33.4 Å². The Morgan fingerprint density at radius 2 is 1.90 bits per heavy atom. The molecule has 1 amide bonds. The number of nitrogens with one attached hydrogen (secondary N) is 2. The molecule has 2 N–H and O–H groups in total. The van der Waals surface area contributed by atoms with Gasteiger partial charge in [-0.2, -0.15) is 0 Å². The second-order valence-electron chi connectivity index (χ2n) is 7.70. The normalized spacial score (nSPS) is 16.6. The Balaban J connectivity index is 0.00000205. The molecule has 2 aliphatic rings. The van der Waals surface area contributed by atoms with Gasteiger partial charge in [-0.15, -0.1) is 12.4 Å². The van der Waals surface area contributed by atoms with Crippen molar-refractivity contribution in [1.82, 2.24) is 15.2 Å². The van der Waals surface area contributed by atoms with Gasteiger partial charge in [0.25, 0.3) is 5.91 Å². The summed E-state index contributed by atoms with van der Waals surface area (Å²) in [6.45, 7) is 3.52. The summed E-state index contributed by atoms with van der Waals surface area (Å²) in [5, 5.41) is 3.83. The van der Waals surface area contributed by atoms with Gasteiger partial charge >= 0.3 is 0 Å². The van der Waals surface area contributed by atoms with Crippen LogP contribution in [0.1, 0.15) is 40.7 Å². The van der Waals surface area contributed by atoms with Gasteiger partial charge in [-0.25, -0.2) is 4.39 Å². The maximum Gasteiger partial charge on any atom is 0.252 e. The Morgan fingerprint density at radius 1 is 1.10 bits per heavy atom. The number of rotatable bonds is 3. The number of H-pyrrole nitrogens is 1. The third-order valence-electron chi connectivity index (χ3n) is 5.80. The minimum absolute atomic E-state index is 0. The Hall–Kier alpha value is -2.08. The summed E-state index contributed by atoms with van der Waals surface area (Å²) in [6.07, 6.45) is 3.87. The zero-order valence-electron chi connectivity index (χ0n) is 15.9. The predicted molar refractivity (Wildman–Crippen MR) is 116 cm³/mol. The first kappa shape index (κ1) is 20.2. The van der Waals surface area contributed by atoms with Gasteiger partial charge in [-0.3, -0.25) is 9.69 Å². The third-order valence-corrected chi connectivity index (χ3v) is 6.21. The van der Waals surface area contributed by atoms with E-state index < -0.39 is 5.82 Å². The molecule has 29 heavy (non-hydrogen) atoms. The summed E-state index contributed by atoms with van der Waals surface area (Å²) in [4.78, 5) is 18.1. The highest BCUT2D eigenvalue weighted by atomic mass is 35.5. The van der Waals surface area contributed by atoms with Gasteiger partial charge < -0.3 is 10.3 Å². The number of aromatic amines is 1. The lowest BCUT2D eigenvalue weighted by Crippen LogP contribution is -2.28. The number of hydrogen-bond acceptors (Lipinski definition) is 2. The molecular weight excluding hydrogens is 412 g/mol. The molecule has 0 atom stereocenters. The lowest BCUT2D eigenvalue weighted by atomic mass is 10.00. The minimum Gasteiger partial charge on any atom is -0.355 e. The number of fused-ring (bicyclic) bond motifs is 2. The third kappa shape index (κ3) is 3.63. The molecule has 0 saturated carbocycles. The fourth-order valence-electron chi connectivity index (χ4n) is 4.37. The Morgan fingerprint density at radius 3 is 2.69 bits per heavy atom. The van der Waals surface area contributed by atoms with Crippen molar-refractivity contribution in [1.29, 1.82) is 0 Å². The zero-order chi connectivity index (χ0) is 19.3. The largest absolute Gasteiger partial charge is 0.355 e. The van der Waals surface area contributed by atoms with E-state index in [1.807, 2.05) is 6.07 Å². The maximum atomic E-state index is 14.3. The molecule has 1 aromatic heterocycles. The number of likely N-dealkylation sites (tertiary alicyclic amines) is 1. The zero-order valence-corrected chi connectivity index (χ0v) is 17.4. The summed E-state index contributed by atoms with van der Waals surface area (Å²) < 4.78 is 14.3. The van der Waals surface area contributed by atoms with Crippen LogP contribution in [0.25, 0.3) is 22.2 Å². The van der Waals surface area contributed by atoms with Crippen LogP contribution in [0.3, 0.4) is 0 Å². The van der Waals surface area contributed by atoms with E-state index in [0.29, 0.717) is 16.7 Å². The molecule has 1 fully saturated rings. The van der Waals surface area contributed by atoms with Crippen molar-refractivity contribution in [2.45, 2.75) is 32.4 Å². The van der Waals surface area contributed by atoms with E-state index in [4.69, 9.17) is 11.6 Å². The standard InChI is InChI=1S/C22H21ClFN3O.ClH/c23-21-16-11-25-22(28)20(16)15(10-17(21)24)19-9-14-8-13(4-5-18(14)26-19)12-27-6-2-1-3-7-27;/h4-5,8-10,26H,1-3,6-7,11-12H2,(H,25,28);1H. The van der Waals surface area contributed by atoms with Gasteiger partial charge in [0.1, 0.15) is 5.82 Å². The summed E-state index contributed by atoms with van der Waals surface area (Å²) in [6, 6.07) is 9.72. The van der Waals surface area contributed by atoms with Crippen molar-refractivity contribution >= 4 is 40.8 Å². The molecule has 0 bridgehead atoms. The molecule has 5 rings (SSSR count). The summed E-state index contributed by atoms with van der Waals surface area (Å²) in [5.74, 6) is -0.715. The van der Waals surface area contributed by atoms with Gasteiger partial charge in [0, 0.05) is 40.8 Å². The topological polar surface area (TPSA) is 48.1 Å². The minimum atomic E-state index is -0.503. The van der Waals surface area contributed by atoms with Crippen molar-refractivity contribution in [3.05, 3.63) is 57.9 Å². The van der Waals surface area contributed by atoms with Gasteiger partial charge in [0.2, 0.25) is 0 Å². The van der Waals surface area contributed by atoms with Crippen LogP contribution in [0.15, 0.2) is 30.3 Å². The molecule has 0 unspecified atom stereocenters. The van der Waals surface area contributed by atoms with Gasteiger partial charge in [0.15, 0.2) is 0 Å². The fourth-order valence-corrected chi connectivity index (χ4v) is 4.59. The quantitative estimate of drug-likeness (QED) is 0.590. The molecule has 7 heteroatoms. The van der Waals surface area contributed by atoms with E-state index in [1.54, 1.807) is 0 Å². The molecule has 0 spiro atoms. The average molecular weight is 434 g/mol. The number of carbonyl (C=O) groups excluding carboxylic acids is 1. The molecule has 2 aliphatic heterocycles. The number of piperidine rings is 1. The van der Waals surface area contributed by atoms with Crippen LogP contribution in [0.5, 0.6) is 0 Å². The summed E-state index contributed by atoms with van der Waals surface area (Å²) in [5.41, 5.74) is 4.53. The van der Waals surface area contributed by atoms with Gasteiger partial charge in [-0.1, -0.05) is 24.1 Å². The molecule has 1 saturated heterocycles. The number of nitrogens with zero attached hydrogens (tertiary/aromatic N) is 1. The van der Waals surface area contributed by atoms with E-state index >= 15 is 0 Å². The molecule has 4 nitrogen and oxygen atoms in total. The second-order valence-corrected chi connectivity index (χ2v) is 8.08. The number of aromatic nitrogens is 1. The molecule has 3 heterocycles. The highest BCUT2D eigenvalue weighted by Gasteiger charge is 2.28. The molecule has 2 aromatic carbocycles. The van der Waals surface area contributed by atoms with Crippen molar-refractivity contribution in [3.8, 4) is 11.3 Å². The first-order chi connectivity index (χ1) is 13.6. The number of carbonyl (C=O) groups is 1. The molecular formula is C22H22Cl2FN3O. The van der Waals surface area contributed by atoms with Crippen molar-refractivity contribution < 1.29 is 9.18 Å². The van der Waals surface area contributed by atoms with E-state index in [1.165, 1.54) is 30.9 Å². The first-order valence-corrected chi connectivity index (χ1v) is 10.1. The first-order valence-electron chi connectivity index (χ1n) is 9.73. The van der Waals surface area contributed by atoms with Crippen LogP contribution in [0.2, 0.25) is 5.02 Å². The molecule has 0 radical (unpaired) electrons. The van der Waals surface area contributed by atoms with Crippen LogP contribution in [0, 0.1) is 5.82 Å². The number of halogens is 3. The van der Waals surface area contributed by atoms with E-state index in [0.717, 1.165) is 36.2 Å². The second kappa shape index (κ2) is 7.98. The highest BCUT2D eigenvalue weighted by molar-refractivity contribution is 6.32. The van der Waals surface area contributed by atoms with Crippen molar-refractivity contribution in [2.24, 2.45) is 0 Å². The lowest BCUT2D eigenvalue weighted by molar-refractivity contribution is 0.0966.